The number of aliphatic hydroxyl groups excluding tert-OH is 1. The van der Waals surface area contributed by atoms with E-state index in [1.165, 1.54) is 7.11 Å². The Morgan fingerprint density at radius 2 is 1.95 bits per heavy atom. The highest BCUT2D eigenvalue weighted by molar-refractivity contribution is 5.84. The zero-order valence-corrected chi connectivity index (χ0v) is 11.0. The minimum absolute atomic E-state index is 0.0598. The molecule has 1 aromatic rings. The van der Waals surface area contributed by atoms with Crippen LogP contribution in [0.5, 0.6) is 11.5 Å². The molecule has 0 heterocycles. The number of carbonyl (C=O) groups is 2. The van der Waals surface area contributed by atoms with Crippen LogP contribution in [0.3, 0.4) is 0 Å². The van der Waals surface area contributed by atoms with Gasteiger partial charge in [-0.15, -0.1) is 0 Å². The SMILES string of the molecule is COc1ccccc1OCC(=O)NC(CCO)C(=O)O. The number of aliphatic carboxylic acids is 1. The minimum atomic E-state index is -1.20. The molecule has 0 fully saturated rings. The second-order valence-electron chi connectivity index (χ2n) is 3.91. The molecule has 0 bridgehead atoms. The van der Waals surface area contributed by atoms with Gasteiger partial charge < -0.3 is 25.0 Å². The van der Waals surface area contributed by atoms with Gasteiger partial charge in [0.05, 0.1) is 7.11 Å². The lowest BCUT2D eigenvalue weighted by Gasteiger charge is -2.14. The number of hydrogen-bond acceptors (Lipinski definition) is 5. The van der Waals surface area contributed by atoms with E-state index in [0.29, 0.717) is 11.5 Å². The predicted octanol–water partition coefficient (Wildman–Crippen LogP) is 0.0258. The zero-order chi connectivity index (χ0) is 15.0. The van der Waals surface area contributed by atoms with Crippen molar-refractivity contribution in [3.63, 3.8) is 0 Å². The third kappa shape index (κ3) is 4.77. The third-order valence-corrected chi connectivity index (χ3v) is 2.48. The number of hydrogen-bond donors (Lipinski definition) is 3. The van der Waals surface area contributed by atoms with Gasteiger partial charge >= 0.3 is 5.97 Å². The topological polar surface area (TPSA) is 105 Å². The monoisotopic (exact) mass is 283 g/mol. The third-order valence-electron chi connectivity index (χ3n) is 2.48. The Morgan fingerprint density at radius 3 is 2.50 bits per heavy atom. The smallest absolute Gasteiger partial charge is 0.326 e. The number of nitrogens with one attached hydrogen (secondary N) is 1. The number of carboxylic acids is 1. The van der Waals surface area contributed by atoms with Gasteiger partial charge in [-0.3, -0.25) is 4.79 Å². The lowest BCUT2D eigenvalue weighted by Crippen LogP contribution is -2.43. The molecule has 7 heteroatoms. The van der Waals surface area contributed by atoms with Gasteiger partial charge in [0.1, 0.15) is 6.04 Å². The van der Waals surface area contributed by atoms with E-state index in [4.69, 9.17) is 19.7 Å². The molecule has 20 heavy (non-hydrogen) atoms. The molecule has 1 amide bonds. The molecule has 7 nitrogen and oxygen atoms in total. The summed E-state index contributed by atoms with van der Waals surface area (Å²) in [6.07, 6.45) is -0.0598. The molecule has 0 aliphatic carbocycles. The average Bonchev–Trinajstić information content (AvgIpc) is 2.44. The molecule has 1 unspecified atom stereocenters. The van der Waals surface area contributed by atoms with E-state index in [2.05, 4.69) is 5.32 Å². The summed E-state index contributed by atoms with van der Waals surface area (Å²) in [5.41, 5.74) is 0. The molecule has 1 rings (SSSR count). The number of rotatable bonds is 8. The summed E-state index contributed by atoms with van der Waals surface area (Å²) < 4.78 is 10.3. The molecule has 0 radical (unpaired) electrons. The number of aliphatic hydroxyl groups is 1. The van der Waals surface area contributed by atoms with E-state index in [0.717, 1.165) is 0 Å². The maximum atomic E-state index is 11.6. The van der Waals surface area contributed by atoms with E-state index in [9.17, 15) is 9.59 Å². The molecule has 3 N–H and O–H groups in total. The highest BCUT2D eigenvalue weighted by Crippen LogP contribution is 2.25. The van der Waals surface area contributed by atoms with Gasteiger partial charge in [-0.25, -0.2) is 4.79 Å². The van der Waals surface area contributed by atoms with E-state index in [1.54, 1.807) is 24.3 Å². The quantitative estimate of drug-likeness (QED) is 0.621. The van der Waals surface area contributed by atoms with Crippen molar-refractivity contribution in [3.05, 3.63) is 24.3 Å². The van der Waals surface area contributed by atoms with Crippen LogP contribution in [0.4, 0.5) is 0 Å². The molecule has 0 aliphatic heterocycles. The first-order valence-corrected chi connectivity index (χ1v) is 5.97. The molecular weight excluding hydrogens is 266 g/mol. The Labute approximate surface area is 116 Å². The molecule has 0 saturated carbocycles. The van der Waals surface area contributed by atoms with Gasteiger partial charge in [-0.1, -0.05) is 12.1 Å². The summed E-state index contributed by atoms with van der Waals surface area (Å²) in [6, 6.07) is 5.66. The van der Waals surface area contributed by atoms with Gasteiger partial charge in [-0.05, 0) is 12.1 Å². The molecule has 0 aromatic heterocycles. The number of amides is 1. The summed E-state index contributed by atoms with van der Waals surface area (Å²) in [6.45, 7) is -0.666. The van der Waals surface area contributed by atoms with Crippen LogP contribution in [0.1, 0.15) is 6.42 Å². The summed E-state index contributed by atoms with van der Waals surface area (Å²) in [5.74, 6) is -0.925. The van der Waals surface area contributed by atoms with Crippen LogP contribution >= 0.6 is 0 Å². The average molecular weight is 283 g/mol. The number of methoxy groups -OCH3 is 1. The maximum absolute atomic E-state index is 11.6. The number of carbonyl (C=O) groups excluding carboxylic acids is 1. The molecule has 0 saturated heterocycles. The van der Waals surface area contributed by atoms with Crippen molar-refractivity contribution in [3.8, 4) is 11.5 Å². The Kier molecular flexibility index (Phi) is 6.31. The van der Waals surface area contributed by atoms with Gasteiger partial charge in [-0.2, -0.15) is 0 Å². The van der Waals surface area contributed by atoms with Crippen LogP contribution in [0.25, 0.3) is 0 Å². The number of ether oxygens (including phenoxy) is 2. The standard InChI is InChI=1S/C13H17NO6/c1-19-10-4-2-3-5-11(10)20-8-12(16)14-9(6-7-15)13(17)18/h2-5,9,15H,6-8H2,1H3,(H,14,16)(H,17,18). The van der Waals surface area contributed by atoms with Crippen molar-refractivity contribution >= 4 is 11.9 Å². The first kappa shape index (κ1) is 15.8. The Morgan fingerprint density at radius 1 is 1.30 bits per heavy atom. The van der Waals surface area contributed by atoms with Crippen molar-refractivity contribution in [2.45, 2.75) is 12.5 Å². The first-order valence-electron chi connectivity index (χ1n) is 5.97. The molecular formula is C13H17NO6. The lowest BCUT2D eigenvalue weighted by molar-refractivity contribution is -0.142. The predicted molar refractivity (Wildman–Crippen MR) is 69.8 cm³/mol. The zero-order valence-electron chi connectivity index (χ0n) is 11.0. The van der Waals surface area contributed by atoms with Crippen molar-refractivity contribution in [1.82, 2.24) is 5.32 Å². The largest absolute Gasteiger partial charge is 0.493 e. The minimum Gasteiger partial charge on any atom is -0.493 e. The molecule has 0 spiro atoms. The van der Waals surface area contributed by atoms with Crippen LogP contribution in [-0.4, -0.2) is 48.5 Å². The second-order valence-corrected chi connectivity index (χ2v) is 3.91. The number of benzene rings is 1. The van der Waals surface area contributed by atoms with Crippen molar-refractivity contribution in [1.29, 1.82) is 0 Å². The van der Waals surface area contributed by atoms with Gasteiger partial charge in [0, 0.05) is 13.0 Å². The normalized spacial score (nSPS) is 11.5. The molecule has 1 aromatic carbocycles. The Bertz CT molecular complexity index is 462. The van der Waals surface area contributed by atoms with Gasteiger partial charge in [0.2, 0.25) is 0 Å². The Hall–Kier alpha value is -2.28. The van der Waals surface area contributed by atoms with Crippen LogP contribution in [0.2, 0.25) is 0 Å². The van der Waals surface area contributed by atoms with Gasteiger partial charge in [0.25, 0.3) is 5.91 Å². The van der Waals surface area contributed by atoms with E-state index in [-0.39, 0.29) is 19.6 Å². The number of carboxylic acid groups (broad SMARTS) is 1. The summed E-state index contributed by atoms with van der Waals surface area (Å²) in [4.78, 5) is 22.4. The molecule has 0 aliphatic rings. The van der Waals surface area contributed by atoms with Crippen LogP contribution in [0.15, 0.2) is 24.3 Å². The summed E-state index contributed by atoms with van der Waals surface area (Å²) in [5, 5.41) is 19.8. The van der Waals surface area contributed by atoms with Gasteiger partial charge in [0.15, 0.2) is 18.1 Å². The van der Waals surface area contributed by atoms with Crippen LogP contribution < -0.4 is 14.8 Å². The molecule has 1 atom stereocenters. The fourth-order valence-corrected chi connectivity index (χ4v) is 1.50. The second kappa shape index (κ2) is 8.00. The maximum Gasteiger partial charge on any atom is 0.326 e. The fraction of sp³-hybridized carbons (Fsp3) is 0.385. The summed E-state index contributed by atoms with van der Waals surface area (Å²) >= 11 is 0. The van der Waals surface area contributed by atoms with Crippen molar-refractivity contribution in [2.24, 2.45) is 0 Å². The summed E-state index contributed by atoms with van der Waals surface area (Å²) in [7, 11) is 1.48. The van der Waals surface area contributed by atoms with Crippen molar-refractivity contribution in [2.75, 3.05) is 20.3 Å². The first-order chi connectivity index (χ1) is 9.58. The van der Waals surface area contributed by atoms with E-state index < -0.39 is 17.9 Å². The van der Waals surface area contributed by atoms with E-state index in [1.807, 2.05) is 0 Å². The van der Waals surface area contributed by atoms with Crippen LogP contribution in [0, 0.1) is 0 Å². The molecule has 110 valence electrons. The number of para-hydroxylation sites is 2. The Balaban J connectivity index is 2.52. The lowest BCUT2D eigenvalue weighted by atomic mass is 10.2. The highest BCUT2D eigenvalue weighted by atomic mass is 16.5. The van der Waals surface area contributed by atoms with Crippen molar-refractivity contribution < 1.29 is 29.3 Å². The fourth-order valence-electron chi connectivity index (χ4n) is 1.50. The van der Waals surface area contributed by atoms with E-state index >= 15 is 0 Å². The highest BCUT2D eigenvalue weighted by Gasteiger charge is 2.19. The van der Waals surface area contributed by atoms with Crippen LogP contribution in [-0.2, 0) is 9.59 Å².